The molecule has 0 atom stereocenters. The Morgan fingerprint density at radius 3 is 2.20 bits per heavy atom. The molecule has 25 heavy (non-hydrogen) atoms. The average Bonchev–Trinajstić information content (AvgIpc) is 2.86. The molecule has 1 aliphatic rings. The molecule has 0 aliphatic carbocycles. The van der Waals surface area contributed by atoms with Gasteiger partial charge in [-0.2, -0.15) is 0 Å². The van der Waals surface area contributed by atoms with Gasteiger partial charge in [-0.15, -0.1) is 10.2 Å². The van der Waals surface area contributed by atoms with E-state index in [0.29, 0.717) is 5.56 Å². The fourth-order valence-electron chi connectivity index (χ4n) is 2.78. The summed E-state index contributed by atoms with van der Waals surface area (Å²) in [6.45, 7) is -0.138. The lowest BCUT2D eigenvalue weighted by Crippen LogP contribution is -2.29. The Kier molecular flexibility index (Phi) is 3.11. The van der Waals surface area contributed by atoms with E-state index in [2.05, 4.69) is 15.2 Å². The molecular weight excluding hydrogens is 331 g/mol. The quantitative estimate of drug-likeness (QED) is 0.534. The summed E-state index contributed by atoms with van der Waals surface area (Å²) in [6, 6.07) is 5.27. The number of phenolic OH excluding ortho intramolecular Hbond substituents is 2. The minimum atomic E-state index is -0.787. The van der Waals surface area contributed by atoms with E-state index in [1.807, 2.05) is 0 Å². The highest BCUT2D eigenvalue weighted by Crippen LogP contribution is 2.42. The van der Waals surface area contributed by atoms with Gasteiger partial charge in [-0.1, -0.05) is 12.1 Å². The van der Waals surface area contributed by atoms with Crippen LogP contribution >= 0.6 is 0 Å². The molecule has 2 heterocycles. The summed E-state index contributed by atoms with van der Waals surface area (Å²) in [5, 5.41) is 27.8. The van der Waals surface area contributed by atoms with Gasteiger partial charge in [0.2, 0.25) is 0 Å². The number of rotatable bonds is 2. The van der Waals surface area contributed by atoms with Crippen LogP contribution in [0.3, 0.4) is 0 Å². The van der Waals surface area contributed by atoms with E-state index in [9.17, 15) is 24.2 Å². The minimum Gasteiger partial charge on any atom is -0.505 e. The van der Waals surface area contributed by atoms with Gasteiger partial charge in [0.1, 0.15) is 28.8 Å². The molecule has 2 aromatic carbocycles. The molecule has 0 saturated heterocycles. The highest BCUT2D eigenvalue weighted by atomic mass is 19.1. The van der Waals surface area contributed by atoms with E-state index in [1.54, 1.807) is 0 Å². The number of nitrogens with zero attached hydrogens (tertiary/aromatic N) is 4. The Morgan fingerprint density at radius 2 is 1.56 bits per heavy atom. The van der Waals surface area contributed by atoms with Gasteiger partial charge in [-0.3, -0.25) is 14.5 Å². The third kappa shape index (κ3) is 2.09. The van der Waals surface area contributed by atoms with Crippen LogP contribution < -0.4 is 0 Å². The topological polar surface area (TPSA) is 117 Å². The molecule has 0 spiro atoms. The summed E-state index contributed by atoms with van der Waals surface area (Å²) in [6.07, 6.45) is 1.05. The average molecular weight is 340 g/mol. The number of halogens is 1. The normalized spacial score (nSPS) is 13.6. The molecule has 2 N–H and O–H groups in total. The van der Waals surface area contributed by atoms with Crippen LogP contribution in [-0.2, 0) is 6.54 Å². The van der Waals surface area contributed by atoms with Gasteiger partial charge in [0.25, 0.3) is 11.8 Å². The number of phenols is 2. The van der Waals surface area contributed by atoms with Crippen LogP contribution in [0.4, 0.5) is 4.39 Å². The van der Waals surface area contributed by atoms with E-state index in [-0.39, 0.29) is 28.7 Å². The van der Waals surface area contributed by atoms with Crippen LogP contribution in [0.25, 0.3) is 11.0 Å². The van der Waals surface area contributed by atoms with Crippen LogP contribution in [0.5, 0.6) is 11.5 Å². The van der Waals surface area contributed by atoms with Crippen LogP contribution in [0.15, 0.2) is 30.6 Å². The standard InChI is InChI=1S/C16H9FN4O4/c17-8-3-1-7(2-4-8)5-21-15(24)9-10(16(21)25)14(23)12-11(13(9)22)18-6-19-20-12/h1-4,6,22-23H,5H2. The number of carbonyl (C=O) groups is 2. The summed E-state index contributed by atoms with van der Waals surface area (Å²) in [4.78, 5) is 29.8. The molecule has 4 rings (SSSR count). The number of hydrogen-bond acceptors (Lipinski definition) is 7. The summed E-state index contributed by atoms with van der Waals surface area (Å²) < 4.78 is 13.0. The van der Waals surface area contributed by atoms with Crippen molar-refractivity contribution in [2.24, 2.45) is 0 Å². The zero-order valence-corrected chi connectivity index (χ0v) is 12.5. The Hall–Kier alpha value is -3.62. The number of benzene rings is 2. The van der Waals surface area contributed by atoms with Gasteiger partial charge in [-0.05, 0) is 17.7 Å². The molecule has 1 aliphatic heterocycles. The fraction of sp³-hybridized carbons (Fsp3) is 0.0625. The first-order chi connectivity index (χ1) is 12.0. The summed E-state index contributed by atoms with van der Waals surface area (Å²) in [5.41, 5.74) is -0.478. The van der Waals surface area contributed by atoms with Gasteiger partial charge in [0.05, 0.1) is 6.54 Å². The van der Waals surface area contributed by atoms with Gasteiger partial charge < -0.3 is 10.2 Å². The second kappa shape index (κ2) is 5.20. The van der Waals surface area contributed by atoms with Crippen LogP contribution in [-0.4, -0.2) is 42.1 Å². The fourth-order valence-corrected chi connectivity index (χ4v) is 2.78. The number of hydrogen-bond donors (Lipinski definition) is 2. The van der Waals surface area contributed by atoms with Crippen molar-refractivity contribution in [2.75, 3.05) is 0 Å². The Balaban J connectivity index is 1.84. The first-order valence-corrected chi connectivity index (χ1v) is 7.15. The maximum atomic E-state index is 13.0. The Labute approximate surface area is 139 Å². The molecule has 9 heteroatoms. The van der Waals surface area contributed by atoms with E-state index in [1.165, 1.54) is 24.3 Å². The summed E-state index contributed by atoms with van der Waals surface area (Å²) in [5.74, 6) is -3.12. The highest BCUT2D eigenvalue weighted by Gasteiger charge is 2.42. The summed E-state index contributed by atoms with van der Waals surface area (Å²) in [7, 11) is 0. The van der Waals surface area contributed by atoms with E-state index < -0.39 is 29.1 Å². The minimum absolute atomic E-state index is 0.129. The molecule has 0 unspecified atom stereocenters. The van der Waals surface area contributed by atoms with Gasteiger partial charge >= 0.3 is 0 Å². The smallest absolute Gasteiger partial charge is 0.265 e. The summed E-state index contributed by atoms with van der Waals surface area (Å²) >= 11 is 0. The number of amides is 2. The molecule has 0 bridgehead atoms. The largest absolute Gasteiger partial charge is 0.505 e. The van der Waals surface area contributed by atoms with Gasteiger partial charge in [0, 0.05) is 0 Å². The van der Waals surface area contributed by atoms with Gasteiger partial charge in [-0.25, -0.2) is 9.37 Å². The van der Waals surface area contributed by atoms with Crippen molar-refractivity contribution in [1.82, 2.24) is 20.1 Å². The maximum absolute atomic E-state index is 13.0. The molecule has 0 radical (unpaired) electrons. The monoisotopic (exact) mass is 340 g/mol. The lowest BCUT2D eigenvalue weighted by molar-refractivity contribution is 0.0641. The van der Waals surface area contributed by atoms with Crippen LogP contribution in [0.1, 0.15) is 26.3 Å². The second-order valence-corrected chi connectivity index (χ2v) is 5.43. The SMILES string of the molecule is O=C1c2c(c(O)c3nncnc3c2O)C(=O)N1Cc1ccc(F)cc1. The molecule has 0 fully saturated rings. The number of aromatic nitrogens is 3. The van der Waals surface area contributed by atoms with E-state index in [4.69, 9.17) is 0 Å². The first kappa shape index (κ1) is 14.9. The van der Waals surface area contributed by atoms with Crippen molar-refractivity contribution < 1.29 is 24.2 Å². The third-order valence-electron chi connectivity index (χ3n) is 3.96. The third-order valence-corrected chi connectivity index (χ3v) is 3.96. The van der Waals surface area contributed by atoms with Crippen molar-refractivity contribution in [3.8, 4) is 11.5 Å². The Morgan fingerprint density at radius 1 is 0.960 bits per heavy atom. The number of fused-ring (bicyclic) bond motifs is 2. The van der Waals surface area contributed by atoms with Crippen LogP contribution in [0.2, 0.25) is 0 Å². The van der Waals surface area contributed by atoms with E-state index >= 15 is 0 Å². The van der Waals surface area contributed by atoms with Crippen molar-refractivity contribution in [3.63, 3.8) is 0 Å². The number of imide groups is 1. The zero-order valence-electron chi connectivity index (χ0n) is 12.5. The molecule has 2 amide bonds. The highest BCUT2D eigenvalue weighted by molar-refractivity contribution is 6.26. The second-order valence-electron chi connectivity index (χ2n) is 5.43. The Bertz CT molecular complexity index is 992. The zero-order chi connectivity index (χ0) is 17.7. The predicted octanol–water partition coefficient (Wildman–Crippen LogP) is 1.37. The van der Waals surface area contributed by atoms with Crippen LogP contribution in [0, 0.1) is 5.82 Å². The molecule has 0 saturated carbocycles. The molecular formula is C16H9FN4O4. The van der Waals surface area contributed by atoms with Gasteiger partial charge in [0.15, 0.2) is 17.0 Å². The lowest BCUT2D eigenvalue weighted by atomic mass is 10.1. The van der Waals surface area contributed by atoms with Crippen molar-refractivity contribution in [2.45, 2.75) is 6.54 Å². The molecule has 8 nitrogen and oxygen atoms in total. The van der Waals surface area contributed by atoms with E-state index in [0.717, 1.165) is 11.2 Å². The first-order valence-electron chi connectivity index (χ1n) is 7.15. The van der Waals surface area contributed by atoms with Crippen molar-refractivity contribution in [1.29, 1.82) is 0 Å². The van der Waals surface area contributed by atoms with Crippen molar-refractivity contribution in [3.05, 3.63) is 53.1 Å². The number of aromatic hydroxyl groups is 2. The maximum Gasteiger partial charge on any atom is 0.265 e. The van der Waals surface area contributed by atoms with Crippen molar-refractivity contribution >= 4 is 22.8 Å². The molecule has 1 aromatic heterocycles. The number of carbonyl (C=O) groups excluding carboxylic acids is 2. The lowest BCUT2D eigenvalue weighted by Gasteiger charge is -2.13. The predicted molar refractivity (Wildman–Crippen MR) is 81.3 cm³/mol. The molecule has 3 aromatic rings. The molecule has 124 valence electrons.